The lowest BCUT2D eigenvalue weighted by Gasteiger charge is -2.25. The molecule has 0 fully saturated rings. The molecular formula is C14H21ClN2O2. The van der Waals surface area contributed by atoms with E-state index in [-0.39, 0.29) is 5.69 Å². The zero-order valence-corrected chi connectivity index (χ0v) is 12.3. The number of hydrogen-bond donors (Lipinski definition) is 0. The third-order valence-corrected chi connectivity index (χ3v) is 3.35. The van der Waals surface area contributed by atoms with Crippen molar-refractivity contribution in [2.24, 2.45) is 0 Å². The SMILES string of the molecule is CCCCN(CCCC)c1ccc([N+](=O)[O-])cc1Cl. The molecule has 106 valence electrons. The standard InChI is InChI=1S/C14H21ClN2O2/c1-3-5-9-16(10-6-4-2)14-8-7-12(17(18)19)11-13(14)15/h7-8,11H,3-6,9-10H2,1-2H3. The highest BCUT2D eigenvalue weighted by Crippen LogP contribution is 2.30. The first-order chi connectivity index (χ1) is 9.10. The number of non-ortho nitro benzene ring substituents is 1. The lowest BCUT2D eigenvalue weighted by Crippen LogP contribution is -2.25. The van der Waals surface area contributed by atoms with Gasteiger partial charge >= 0.3 is 0 Å². The highest BCUT2D eigenvalue weighted by atomic mass is 35.5. The zero-order chi connectivity index (χ0) is 14.3. The number of nitro groups is 1. The first-order valence-electron chi connectivity index (χ1n) is 6.79. The van der Waals surface area contributed by atoms with Crippen LogP contribution in [0.5, 0.6) is 0 Å². The topological polar surface area (TPSA) is 46.4 Å². The van der Waals surface area contributed by atoms with Gasteiger partial charge in [-0.2, -0.15) is 0 Å². The third-order valence-electron chi connectivity index (χ3n) is 3.05. The number of nitrogens with zero attached hydrogens (tertiary/aromatic N) is 2. The highest BCUT2D eigenvalue weighted by molar-refractivity contribution is 6.33. The van der Waals surface area contributed by atoms with Crippen molar-refractivity contribution in [2.75, 3.05) is 18.0 Å². The van der Waals surface area contributed by atoms with Gasteiger partial charge in [0.1, 0.15) is 0 Å². The van der Waals surface area contributed by atoms with Crippen LogP contribution in [0.4, 0.5) is 11.4 Å². The number of nitro benzene ring substituents is 1. The van der Waals surface area contributed by atoms with Crippen LogP contribution in [0.25, 0.3) is 0 Å². The van der Waals surface area contributed by atoms with Crippen molar-refractivity contribution in [2.45, 2.75) is 39.5 Å². The summed E-state index contributed by atoms with van der Waals surface area (Å²) in [5.41, 5.74) is 0.939. The molecule has 0 aliphatic heterocycles. The lowest BCUT2D eigenvalue weighted by atomic mass is 10.2. The van der Waals surface area contributed by atoms with Gasteiger partial charge in [0.15, 0.2) is 0 Å². The Morgan fingerprint density at radius 1 is 1.21 bits per heavy atom. The van der Waals surface area contributed by atoms with Crippen molar-refractivity contribution in [1.29, 1.82) is 0 Å². The summed E-state index contributed by atoms with van der Waals surface area (Å²) in [4.78, 5) is 12.5. The third kappa shape index (κ3) is 4.71. The number of unbranched alkanes of at least 4 members (excludes halogenated alkanes) is 2. The zero-order valence-electron chi connectivity index (χ0n) is 11.6. The van der Waals surface area contributed by atoms with Crippen LogP contribution in [0.15, 0.2) is 18.2 Å². The smallest absolute Gasteiger partial charge is 0.271 e. The molecule has 0 saturated carbocycles. The Balaban J connectivity index is 2.90. The summed E-state index contributed by atoms with van der Waals surface area (Å²) < 4.78 is 0. The van der Waals surface area contributed by atoms with Crippen molar-refractivity contribution >= 4 is 23.0 Å². The average molecular weight is 285 g/mol. The van der Waals surface area contributed by atoms with E-state index >= 15 is 0 Å². The molecule has 0 heterocycles. The molecule has 0 unspecified atom stereocenters. The maximum absolute atomic E-state index is 10.7. The number of anilines is 1. The minimum absolute atomic E-state index is 0.0414. The molecule has 0 atom stereocenters. The van der Waals surface area contributed by atoms with Gasteiger partial charge in [0.25, 0.3) is 5.69 Å². The Labute approximate surface area is 119 Å². The number of halogens is 1. The summed E-state index contributed by atoms with van der Waals surface area (Å²) in [5, 5.41) is 11.2. The van der Waals surface area contributed by atoms with E-state index < -0.39 is 4.92 Å². The molecular weight excluding hydrogens is 264 g/mol. The first-order valence-corrected chi connectivity index (χ1v) is 7.16. The molecule has 0 saturated heterocycles. The van der Waals surface area contributed by atoms with Crippen molar-refractivity contribution in [3.63, 3.8) is 0 Å². The molecule has 0 amide bonds. The van der Waals surface area contributed by atoms with E-state index in [1.165, 1.54) is 12.1 Å². The van der Waals surface area contributed by atoms with Gasteiger partial charge < -0.3 is 4.90 Å². The van der Waals surface area contributed by atoms with Crippen LogP contribution in [0.3, 0.4) is 0 Å². The van der Waals surface area contributed by atoms with Crippen LogP contribution in [0.2, 0.25) is 5.02 Å². The Hall–Kier alpha value is -1.29. The number of rotatable bonds is 8. The van der Waals surface area contributed by atoms with Gasteiger partial charge in [-0.05, 0) is 18.9 Å². The Kier molecular flexibility index (Phi) is 6.64. The predicted octanol–water partition coefficient (Wildman–Crippen LogP) is 4.65. The fraction of sp³-hybridized carbons (Fsp3) is 0.571. The molecule has 4 nitrogen and oxygen atoms in total. The number of benzene rings is 1. The van der Waals surface area contributed by atoms with Gasteiger partial charge in [0, 0.05) is 25.2 Å². The van der Waals surface area contributed by atoms with E-state index in [0.29, 0.717) is 5.02 Å². The molecule has 0 radical (unpaired) electrons. The van der Waals surface area contributed by atoms with Gasteiger partial charge in [-0.1, -0.05) is 38.3 Å². The number of hydrogen-bond acceptors (Lipinski definition) is 3. The van der Waals surface area contributed by atoms with Gasteiger partial charge in [0.05, 0.1) is 15.6 Å². The monoisotopic (exact) mass is 284 g/mol. The molecule has 0 spiro atoms. The van der Waals surface area contributed by atoms with E-state index in [1.54, 1.807) is 6.07 Å². The lowest BCUT2D eigenvalue weighted by molar-refractivity contribution is -0.384. The van der Waals surface area contributed by atoms with Gasteiger partial charge in [-0.25, -0.2) is 0 Å². The maximum atomic E-state index is 10.7. The summed E-state index contributed by atoms with van der Waals surface area (Å²) in [7, 11) is 0. The van der Waals surface area contributed by atoms with E-state index in [4.69, 9.17) is 11.6 Å². The molecule has 0 bridgehead atoms. The molecule has 1 aromatic rings. The second-order valence-corrected chi connectivity index (χ2v) is 4.99. The van der Waals surface area contributed by atoms with Crippen LogP contribution in [0, 0.1) is 10.1 Å². The van der Waals surface area contributed by atoms with Crippen molar-refractivity contribution < 1.29 is 4.92 Å². The highest BCUT2D eigenvalue weighted by Gasteiger charge is 2.14. The molecule has 1 aromatic carbocycles. The molecule has 0 aliphatic carbocycles. The van der Waals surface area contributed by atoms with E-state index in [1.807, 2.05) is 0 Å². The Morgan fingerprint density at radius 2 is 1.79 bits per heavy atom. The van der Waals surface area contributed by atoms with Crippen molar-refractivity contribution in [1.82, 2.24) is 0 Å². The summed E-state index contributed by atoms with van der Waals surface area (Å²) >= 11 is 6.18. The van der Waals surface area contributed by atoms with Crippen molar-refractivity contribution in [3.05, 3.63) is 33.3 Å². The summed E-state index contributed by atoms with van der Waals surface area (Å²) in [6.07, 6.45) is 4.43. The van der Waals surface area contributed by atoms with E-state index in [2.05, 4.69) is 18.7 Å². The van der Waals surface area contributed by atoms with Crippen molar-refractivity contribution in [3.8, 4) is 0 Å². The average Bonchev–Trinajstić information content (AvgIpc) is 2.39. The van der Waals surface area contributed by atoms with E-state index in [9.17, 15) is 10.1 Å². The second-order valence-electron chi connectivity index (χ2n) is 4.59. The molecule has 19 heavy (non-hydrogen) atoms. The minimum Gasteiger partial charge on any atom is -0.370 e. The summed E-state index contributed by atoms with van der Waals surface area (Å²) in [5.74, 6) is 0. The summed E-state index contributed by atoms with van der Waals surface area (Å²) in [6.45, 7) is 6.17. The second kappa shape index (κ2) is 8.00. The van der Waals surface area contributed by atoms with Gasteiger partial charge in [-0.3, -0.25) is 10.1 Å². The van der Waals surface area contributed by atoms with Gasteiger partial charge in [-0.15, -0.1) is 0 Å². The molecule has 0 N–H and O–H groups in total. The van der Waals surface area contributed by atoms with Gasteiger partial charge in [0.2, 0.25) is 0 Å². The molecule has 0 aliphatic rings. The molecule has 5 heteroatoms. The molecule has 0 aromatic heterocycles. The largest absolute Gasteiger partial charge is 0.370 e. The van der Waals surface area contributed by atoms with Crippen LogP contribution >= 0.6 is 11.6 Å². The van der Waals surface area contributed by atoms with E-state index in [0.717, 1.165) is 44.5 Å². The van der Waals surface area contributed by atoms with Crippen LogP contribution in [0.1, 0.15) is 39.5 Å². The maximum Gasteiger partial charge on any atom is 0.271 e. The quantitative estimate of drug-likeness (QED) is 0.515. The van der Waals surface area contributed by atoms with Crippen LogP contribution in [-0.4, -0.2) is 18.0 Å². The molecule has 1 rings (SSSR count). The van der Waals surface area contributed by atoms with Crippen LogP contribution in [-0.2, 0) is 0 Å². The Bertz CT molecular complexity index is 416. The first kappa shape index (κ1) is 15.8. The fourth-order valence-corrected chi connectivity index (χ4v) is 2.21. The normalized spacial score (nSPS) is 10.5. The Morgan fingerprint density at radius 3 is 2.21 bits per heavy atom. The van der Waals surface area contributed by atoms with Crippen LogP contribution < -0.4 is 4.90 Å². The predicted molar refractivity (Wildman–Crippen MR) is 80.1 cm³/mol. The minimum atomic E-state index is -0.419. The fourth-order valence-electron chi connectivity index (χ4n) is 1.92. The summed E-state index contributed by atoms with van der Waals surface area (Å²) in [6, 6.07) is 4.71.